The Hall–Kier alpha value is -2.96. The fourth-order valence-corrected chi connectivity index (χ4v) is 4.16. The van der Waals surface area contributed by atoms with Gasteiger partial charge in [0.1, 0.15) is 15.8 Å². The second-order valence-corrected chi connectivity index (χ2v) is 7.79. The SMILES string of the molecule is CCC1CN(CC)C(=O)[C@]1(O)C#Cc1ccc(F)c(-c2nc(C(N)=O)c(N)s2)c1. The average molecular weight is 416 g/mol. The summed E-state index contributed by atoms with van der Waals surface area (Å²) >= 11 is 0.936. The summed E-state index contributed by atoms with van der Waals surface area (Å²) < 4.78 is 14.3. The van der Waals surface area contributed by atoms with Gasteiger partial charge in [-0.05, 0) is 31.5 Å². The lowest BCUT2D eigenvalue weighted by Crippen LogP contribution is -2.42. The first-order chi connectivity index (χ1) is 13.7. The van der Waals surface area contributed by atoms with Crippen molar-refractivity contribution in [2.45, 2.75) is 25.9 Å². The number of hydrogen-bond donors (Lipinski definition) is 3. The number of aromatic nitrogens is 1. The second-order valence-electron chi connectivity index (χ2n) is 6.76. The minimum atomic E-state index is -1.77. The average Bonchev–Trinajstić information content (AvgIpc) is 3.19. The van der Waals surface area contributed by atoms with Gasteiger partial charge in [0.05, 0.1) is 0 Å². The first-order valence-corrected chi connectivity index (χ1v) is 9.93. The smallest absolute Gasteiger partial charge is 0.270 e. The van der Waals surface area contributed by atoms with Crippen LogP contribution in [-0.4, -0.2) is 45.5 Å². The third-order valence-electron chi connectivity index (χ3n) is 5.00. The van der Waals surface area contributed by atoms with Gasteiger partial charge in [0.25, 0.3) is 11.8 Å². The molecule has 1 unspecified atom stereocenters. The molecule has 29 heavy (non-hydrogen) atoms. The summed E-state index contributed by atoms with van der Waals surface area (Å²) in [5, 5.41) is 11.2. The molecule has 0 saturated carbocycles. The highest BCUT2D eigenvalue weighted by atomic mass is 32.1. The number of nitrogen functional groups attached to an aromatic ring is 1. The zero-order valence-corrected chi connectivity index (χ0v) is 16.8. The van der Waals surface area contributed by atoms with Gasteiger partial charge in [0.15, 0.2) is 5.69 Å². The van der Waals surface area contributed by atoms with E-state index in [0.717, 1.165) is 11.3 Å². The second kappa shape index (κ2) is 7.81. The number of nitrogens with two attached hydrogens (primary N) is 2. The van der Waals surface area contributed by atoms with Gasteiger partial charge in [-0.1, -0.05) is 30.1 Å². The number of nitrogens with zero attached hydrogens (tertiary/aromatic N) is 2. The Bertz CT molecular complexity index is 1040. The molecule has 2 amide bonds. The highest BCUT2D eigenvalue weighted by Crippen LogP contribution is 2.33. The molecule has 152 valence electrons. The molecule has 0 bridgehead atoms. The predicted molar refractivity (Wildman–Crippen MR) is 108 cm³/mol. The maximum Gasteiger partial charge on any atom is 0.270 e. The van der Waals surface area contributed by atoms with Gasteiger partial charge < -0.3 is 21.5 Å². The molecule has 1 fully saturated rings. The summed E-state index contributed by atoms with van der Waals surface area (Å²) in [5.74, 6) is 3.40. The molecule has 2 heterocycles. The van der Waals surface area contributed by atoms with E-state index in [1.54, 1.807) is 4.90 Å². The number of benzene rings is 1. The Morgan fingerprint density at radius 3 is 2.79 bits per heavy atom. The maximum absolute atomic E-state index is 14.3. The van der Waals surface area contributed by atoms with Crippen LogP contribution in [-0.2, 0) is 4.79 Å². The van der Waals surface area contributed by atoms with Crippen molar-refractivity contribution in [1.29, 1.82) is 0 Å². The van der Waals surface area contributed by atoms with Crippen molar-refractivity contribution >= 4 is 28.2 Å². The van der Waals surface area contributed by atoms with Crippen LogP contribution in [0.15, 0.2) is 18.2 Å². The quantitative estimate of drug-likeness (QED) is 0.654. The Morgan fingerprint density at radius 1 is 1.48 bits per heavy atom. The minimum absolute atomic E-state index is 0.0969. The molecule has 1 saturated heterocycles. The van der Waals surface area contributed by atoms with E-state index in [9.17, 15) is 19.1 Å². The standard InChI is InChI=1S/C20H21FN4O3S/c1-3-12-10-25(4-2)19(27)20(12,28)8-7-11-5-6-14(21)13(9-11)18-24-15(16(22)26)17(23)29-18/h5-6,9,12,28H,3-4,10,23H2,1-2H3,(H2,22,26)/t12?,20-/m0/s1. The lowest BCUT2D eigenvalue weighted by Gasteiger charge is -2.19. The van der Waals surface area contributed by atoms with Gasteiger partial charge >= 0.3 is 0 Å². The van der Waals surface area contributed by atoms with Crippen LogP contribution in [0.1, 0.15) is 36.3 Å². The molecule has 1 aliphatic heterocycles. The molecule has 0 spiro atoms. The van der Waals surface area contributed by atoms with Gasteiger partial charge in [0, 0.05) is 30.1 Å². The Morgan fingerprint density at radius 2 is 2.21 bits per heavy atom. The number of primary amides is 1. The lowest BCUT2D eigenvalue weighted by atomic mass is 9.88. The van der Waals surface area contributed by atoms with Gasteiger partial charge in [-0.15, -0.1) is 0 Å². The van der Waals surface area contributed by atoms with Gasteiger partial charge in [-0.25, -0.2) is 9.37 Å². The number of likely N-dealkylation sites (N-methyl/N-ethyl adjacent to an activating group) is 1. The summed E-state index contributed by atoms with van der Waals surface area (Å²) in [4.78, 5) is 29.5. The minimum Gasteiger partial charge on any atom is -0.389 e. The van der Waals surface area contributed by atoms with E-state index in [0.29, 0.717) is 25.1 Å². The normalized spacial score (nSPS) is 21.2. The van der Waals surface area contributed by atoms with Crippen molar-refractivity contribution in [3.8, 4) is 22.4 Å². The number of aliphatic hydroxyl groups is 1. The van der Waals surface area contributed by atoms with Crippen molar-refractivity contribution in [2.75, 3.05) is 18.8 Å². The van der Waals surface area contributed by atoms with Crippen molar-refractivity contribution < 1.29 is 19.1 Å². The van der Waals surface area contributed by atoms with Gasteiger partial charge in [-0.2, -0.15) is 0 Å². The van der Waals surface area contributed by atoms with E-state index in [-0.39, 0.29) is 27.2 Å². The monoisotopic (exact) mass is 416 g/mol. The number of likely N-dealkylation sites (tertiary alicyclic amines) is 1. The van der Waals surface area contributed by atoms with Gasteiger partial charge in [0.2, 0.25) is 5.60 Å². The van der Waals surface area contributed by atoms with Crippen molar-refractivity contribution in [2.24, 2.45) is 11.7 Å². The van der Waals surface area contributed by atoms with Crippen molar-refractivity contribution in [3.63, 3.8) is 0 Å². The van der Waals surface area contributed by atoms with E-state index in [2.05, 4.69) is 16.8 Å². The Balaban J connectivity index is 1.99. The van der Waals surface area contributed by atoms with E-state index in [1.165, 1.54) is 18.2 Å². The van der Waals surface area contributed by atoms with Gasteiger partial charge in [-0.3, -0.25) is 9.59 Å². The summed E-state index contributed by atoms with van der Waals surface area (Å²) in [6.07, 6.45) is 0.594. The van der Waals surface area contributed by atoms with Crippen LogP contribution in [0.5, 0.6) is 0 Å². The van der Waals surface area contributed by atoms with E-state index in [1.807, 2.05) is 13.8 Å². The molecular weight excluding hydrogens is 395 g/mol. The number of carbonyl (C=O) groups is 2. The fraction of sp³-hybridized carbons (Fsp3) is 0.350. The molecule has 2 aromatic rings. The summed E-state index contributed by atoms with van der Waals surface area (Å²) in [5.41, 5.74) is 9.55. The molecule has 1 aromatic carbocycles. The third-order valence-corrected chi connectivity index (χ3v) is 5.92. The predicted octanol–water partition coefficient (Wildman–Crippen LogP) is 1.60. The molecule has 0 aliphatic carbocycles. The largest absolute Gasteiger partial charge is 0.389 e. The first-order valence-electron chi connectivity index (χ1n) is 9.12. The van der Waals surface area contributed by atoms with Crippen LogP contribution < -0.4 is 11.5 Å². The topological polar surface area (TPSA) is 123 Å². The maximum atomic E-state index is 14.3. The molecule has 3 rings (SSSR count). The van der Waals surface area contributed by atoms with Crippen LogP contribution in [0.25, 0.3) is 10.6 Å². The lowest BCUT2D eigenvalue weighted by molar-refractivity contribution is -0.139. The number of anilines is 1. The third kappa shape index (κ3) is 3.69. The Kier molecular flexibility index (Phi) is 5.59. The van der Waals surface area contributed by atoms with Crippen LogP contribution >= 0.6 is 11.3 Å². The number of thiazole rings is 1. The molecule has 1 aliphatic rings. The van der Waals surface area contributed by atoms with Crippen LogP contribution in [0, 0.1) is 23.6 Å². The van der Waals surface area contributed by atoms with E-state index >= 15 is 0 Å². The van der Waals surface area contributed by atoms with Crippen molar-refractivity contribution in [1.82, 2.24) is 9.88 Å². The number of carbonyl (C=O) groups excluding carboxylic acids is 2. The summed E-state index contributed by atoms with van der Waals surface area (Å²) in [6.45, 7) is 4.67. The zero-order valence-electron chi connectivity index (χ0n) is 16.0. The summed E-state index contributed by atoms with van der Waals surface area (Å²) in [6, 6.07) is 4.09. The Labute approximate surface area is 171 Å². The summed E-state index contributed by atoms with van der Waals surface area (Å²) in [7, 11) is 0. The highest BCUT2D eigenvalue weighted by Gasteiger charge is 2.50. The molecule has 2 atom stereocenters. The van der Waals surface area contributed by atoms with Crippen LogP contribution in [0.4, 0.5) is 9.39 Å². The first kappa shape index (κ1) is 20.8. The van der Waals surface area contributed by atoms with E-state index < -0.39 is 23.2 Å². The zero-order chi connectivity index (χ0) is 21.3. The van der Waals surface area contributed by atoms with Crippen LogP contribution in [0.2, 0.25) is 0 Å². The molecule has 0 radical (unpaired) electrons. The van der Waals surface area contributed by atoms with E-state index in [4.69, 9.17) is 11.5 Å². The highest BCUT2D eigenvalue weighted by molar-refractivity contribution is 7.19. The molecular formula is C20H21FN4O3S. The van der Waals surface area contributed by atoms with Crippen molar-refractivity contribution in [3.05, 3.63) is 35.3 Å². The number of rotatable bonds is 4. The fourth-order valence-electron chi connectivity index (χ4n) is 3.31. The molecule has 7 nitrogen and oxygen atoms in total. The molecule has 9 heteroatoms. The molecule has 1 aromatic heterocycles. The van der Waals surface area contributed by atoms with Crippen LogP contribution in [0.3, 0.4) is 0 Å². The number of hydrogen-bond acceptors (Lipinski definition) is 6. The number of halogens is 1. The molecule has 5 N–H and O–H groups in total. The number of amides is 2.